The highest BCUT2D eigenvalue weighted by Gasteiger charge is 2.10. The minimum absolute atomic E-state index is 0.217. The summed E-state index contributed by atoms with van der Waals surface area (Å²) in [6.07, 6.45) is 0. The maximum atomic E-state index is 4.84. The molecule has 2 heterocycles. The number of aromatic nitrogens is 1. The number of aliphatic imine (C=N–C) groups is 1. The summed E-state index contributed by atoms with van der Waals surface area (Å²) in [5.41, 5.74) is 2.17. The Balaban J connectivity index is 1.87. The number of thiophene rings is 1. The summed E-state index contributed by atoms with van der Waals surface area (Å²) < 4.78 is 0. The van der Waals surface area contributed by atoms with Crippen LogP contribution in [0.25, 0.3) is 10.9 Å². The smallest absolute Gasteiger partial charge is 0.192 e. The van der Waals surface area contributed by atoms with E-state index >= 15 is 0 Å². The molecule has 0 radical (unpaired) electrons. The molecule has 2 aromatic heterocycles. The molecular weight excluding hydrogens is 354 g/mol. The maximum Gasteiger partial charge on any atom is 0.192 e. The van der Waals surface area contributed by atoms with Crippen LogP contribution in [-0.2, 0) is 6.54 Å². The molecule has 5 nitrogen and oxygen atoms in total. The van der Waals surface area contributed by atoms with Gasteiger partial charge < -0.3 is 15.5 Å². The Morgan fingerprint density at radius 3 is 2.74 bits per heavy atom. The molecule has 1 unspecified atom stereocenters. The van der Waals surface area contributed by atoms with Gasteiger partial charge in [-0.05, 0) is 43.0 Å². The molecule has 1 atom stereocenters. The van der Waals surface area contributed by atoms with Crippen LogP contribution in [0.15, 0.2) is 52.8 Å². The molecule has 0 aliphatic rings. The first-order chi connectivity index (χ1) is 13.1. The molecule has 0 fully saturated rings. The zero-order valence-electron chi connectivity index (χ0n) is 16.4. The molecule has 0 spiro atoms. The monoisotopic (exact) mass is 381 g/mol. The standard InChI is InChI=1S/C21H27N5S/c1-5-22-21(24-15(2)19-11-8-12-27-19)23-14-16-13-20(26(3)4)25-18-10-7-6-9-17(16)18/h6-13,15H,5,14H2,1-4H3,(H2,22,23,24). The molecule has 0 amide bonds. The Morgan fingerprint density at radius 1 is 1.22 bits per heavy atom. The molecule has 27 heavy (non-hydrogen) atoms. The van der Waals surface area contributed by atoms with Gasteiger partial charge in [0.2, 0.25) is 0 Å². The molecule has 6 heteroatoms. The number of para-hydroxylation sites is 1. The SMILES string of the molecule is CCNC(=NCc1cc(N(C)C)nc2ccccc12)NC(C)c1cccs1. The molecule has 1 aromatic carbocycles. The zero-order valence-corrected chi connectivity index (χ0v) is 17.2. The van der Waals surface area contributed by atoms with E-state index in [-0.39, 0.29) is 6.04 Å². The van der Waals surface area contributed by atoms with Crippen molar-refractivity contribution in [1.82, 2.24) is 15.6 Å². The Hall–Kier alpha value is -2.60. The van der Waals surface area contributed by atoms with Gasteiger partial charge in [0, 0.05) is 30.9 Å². The van der Waals surface area contributed by atoms with Crippen LogP contribution >= 0.6 is 11.3 Å². The summed E-state index contributed by atoms with van der Waals surface area (Å²) in [5.74, 6) is 1.77. The van der Waals surface area contributed by atoms with Crippen molar-refractivity contribution in [2.75, 3.05) is 25.5 Å². The number of pyridine rings is 1. The molecule has 0 saturated heterocycles. The molecule has 0 aliphatic heterocycles. The highest BCUT2D eigenvalue weighted by molar-refractivity contribution is 7.10. The zero-order chi connectivity index (χ0) is 19.2. The van der Waals surface area contributed by atoms with Gasteiger partial charge in [-0.2, -0.15) is 0 Å². The van der Waals surface area contributed by atoms with Crippen LogP contribution < -0.4 is 15.5 Å². The minimum atomic E-state index is 0.217. The average molecular weight is 382 g/mol. The topological polar surface area (TPSA) is 52.6 Å². The van der Waals surface area contributed by atoms with E-state index in [2.05, 4.69) is 66.3 Å². The number of anilines is 1. The predicted octanol–water partition coefficient (Wildman–Crippen LogP) is 4.18. The first kappa shape index (κ1) is 19.2. The van der Waals surface area contributed by atoms with Gasteiger partial charge in [0.25, 0.3) is 0 Å². The fraction of sp³-hybridized carbons (Fsp3) is 0.333. The number of rotatable bonds is 6. The third-order valence-electron chi connectivity index (χ3n) is 4.32. The van der Waals surface area contributed by atoms with E-state index in [1.54, 1.807) is 11.3 Å². The summed E-state index contributed by atoms with van der Waals surface area (Å²) in [6.45, 7) is 5.66. The van der Waals surface area contributed by atoms with E-state index in [0.29, 0.717) is 6.54 Å². The van der Waals surface area contributed by atoms with Crippen LogP contribution in [0.1, 0.15) is 30.3 Å². The molecular formula is C21H27N5S. The quantitative estimate of drug-likeness (QED) is 0.497. The number of hydrogen-bond donors (Lipinski definition) is 2. The van der Waals surface area contributed by atoms with E-state index in [0.717, 1.165) is 29.2 Å². The number of guanidine groups is 1. The number of benzene rings is 1. The molecule has 3 aromatic rings. The van der Waals surface area contributed by atoms with Crippen molar-refractivity contribution in [3.05, 3.63) is 58.3 Å². The van der Waals surface area contributed by atoms with E-state index in [4.69, 9.17) is 9.98 Å². The highest BCUT2D eigenvalue weighted by atomic mass is 32.1. The van der Waals surface area contributed by atoms with E-state index < -0.39 is 0 Å². The van der Waals surface area contributed by atoms with E-state index in [9.17, 15) is 0 Å². The fourth-order valence-corrected chi connectivity index (χ4v) is 3.62. The minimum Gasteiger partial charge on any atom is -0.363 e. The van der Waals surface area contributed by atoms with Crippen LogP contribution in [0.3, 0.4) is 0 Å². The Morgan fingerprint density at radius 2 is 2.04 bits per heavy atom. The van der Waals surface area contributed by atoms with Crippen LogP contribution in [0, 0.1) is 0 Å². The molecule has 0 bridgehead atoms. The van der Waals surface area contributed by atoms with Gasteiger partial charge >= 0.3 is 0 Å². The number of hydrogen-bond acceptors (Lipinski definition) is 4. The molecule has 0 aliphatic carbocycles. The fourth-order valence-electron chi connectivity index (χ4n) is 2.89. The number of nitrogens with one attached hydrogen (secondary N) is 2. The van der Waals surface area contributed by atoms with Crippen LogP contribution in [0.5, 0.6) is 0 Å². The van der Waals surface area contributed by atoms with E-state index in [1.165, 1.54) is 10.4 Å². The summed E-state index contributed by atoms with van der Waals surface area (Å²) in [5, 5.41) is 10.1. The molecule has 2 N–H and O–H groups in total. The summed E-state index contributed by atoms with van der Waals surface area (Å²) in [7, 11) is 4.02. The van der Waals surface area contributed by atoms with Crippen molar-refractivity contribution in [1.29, 1.82) is 0 Å². The van der Waals surface area contributed by atoms with Crippen molar-refractivity contribution in [2.24, 2.45) is 4.99 Å². The van der Waals surface area contributed by atoms with Crippen molar-refractivity contribution in [3.8, 4) is 0 Å². The molecule has 0 saturated carbocycles. The first-order valence-electron chi connectivity index (χ1n) is 9.22. The third kappa shape index (κ3) is 4.77. The predicted molar refractivity (Wildman–Crippen MR) is 117 cm³/mol. The van der Waals surface area contributed by atoms with Crippen molar-refractivity contribution >= 4 is 34.0 Å². The molecule has 3 rings (SSSR count). The van der Waals surface area contributed by atoms with Crippen LogP contribution in [0.4, 0.5) is 5.82 Å². The Kier molecular flexibility index (Phi) is 6.29. The third-order valence-corrected chi connectivity index (χ3v) is 5.38. The Labute approximate surface area is 165 Å². The van der Waals surface area contributed by atoms with Crippen LogP contribution in [-0.4, -0.2) is 31.6 Å². The van der Waals surface area contributed by atoms with E-state index in [1.807, 2.05) is 25.1 Å². The highest BCUT2D eigenvalue weighted by Crippen LogP contribution is 2.23. The van der Waals surface area contributed by atoms with Gasteiger partial charge in [0.05, 0.1) is 18.1 Å². The normalized spacial score (nSPS) is 12.8. The number of fused-ring (bicyclic) bond motifs is 1. The summed E-state index contributed by atoms with van der Waals surface area (Å²) in [6, 6.07) is 14.8. The Bertz CT molecular complexity index is 902. The van der Waals surface area contributed by atoms with Crippen molar-refractivity contribution < 1.29 is 0 Å². The second-order valence-electron chi connectivity index (χ2n) is 6.63. The van der Waals surface area contributed by atoms with Crippen LogP contribution in [0.2, 0.25) is 0 Å². The second-order valence-corrected chi connectivity index (χ2v) is 7.61. The lowest BCUT2D eigenvalue weighted by Gasteiger charge is -2.17. The lowest BCUT2D eigenvalue weighted by molar-refractivity contribution is 0.698. The lowest BCUT2D eigenvalue weighted by Crippen LogP contribution is -2.38. The van der Waals surface area contributed by atoms with Gasteiger partial charge in [0.15, 0.2) is 5.96 Å². The largest absolute Gasteiger partial charge is 0.363 e. The van der Waals surface area contributed by atoms with Gasteiger partial charge in [0.1, 0.15) is 5.82 Å². The number of nitrogens with zero attached hydrogens (tertiary/aromatic N) is 3. The van der Waals surface area contributed by atoms with Gasteiger partial charge in [-0.1, -0.05) is 24.3 Å². The first-order valence-corrected chi connectivity index (χ1v) is 10.1. The lowest BCUT2D eigenvalue weighted by atomic mass is 10.1. The summed E-state index contributed by atoms with van der Waals surface area (Å²) in [4.78, 5) is 12.9. The van der Waals surface area contributed by atoms with Crippen molar-refractivity contribution in [2.45, 2.75) is 26.4 Å². The van der Waals surface area contributed by atoms with Gasteiger partial charge in [-0.3, -0.25) is 0 Å². The molecule has 142 valence electrons. The van der Waals surface area contributed by atoms with Gasteiger partial charge in [-0.15, -0.1) is 11.3 Å². The van der Waals surface area contributed by atoms with Crippen molar-refractivity contribution in [3.63, 3.8) is 0 Å². The summed E-state index contributed by atoms with van der Waals surface area (Å²) >= 11 is 1.75. The maximum absolute atomic E-state index is 4.84. The average Bonchev–Trinajstić information content (AvgIpc) is 3.20. The second kappa shape index (κ2) is 8.86. The van der Waals surface area contributed by atoms with Gasteiger partial charge in [-0.25, -0.2) is 9.98 Å².